The molecule has 0 radical (unpaired) electrons. The predicted octanol–water partition coefficient (Wildman–Crippen LogP) is 1.61. The fraction of sp³-hybridized carbons (Fsp3) is 1.00. The van der Waals surface area contributed by atoms with Crippen LogP contribution in [-0.4, -0.2) is 19.5 Å². The van der Waals surface area contributed by atoms with Gasteiger partial charge in [0.15, 0.2) is 6.29 Å². The summed E-state index contributed by atoms with van der Waals surface area (Å²) in [6.45, 7) is 0.779. The third kappa shape index (κ3) is 5.65. The first-order valence-corrected chi connectivity index (χ1v) is 2.72. The molecule has 0 saturated heterocycles. The number of halogens is 2. The van der Waals surface area contributed by atoms with Crippen LogP contribution in [0.4, 0.5) is 8.78 Å². The summed E-state index contributed by atoms with van der Waals surface area (Å²) in [5.41, 5.74) is 0. The van der Waals surface area contributed by atoms with Crippen molar-refractivity contribution >= 4 is 0 Å². The van der Waals surface area contributed by atoms with Crippen molar-refractivity contribution in [3.63, 3.8) is 0 Å². The van der Waals surface area contributed by atoms with Crippen LogP contribution in [0.25, 0.3) is 0 Å². The molecule has 4 heteroatoms. The second kappa shape index (κ2) is 4.64. The van der Waals surface area contributed by atoms with E-state index in [9.17, 15) is 8.78 Å². The molecule has 0 aliphatic heterocycles. The Bertz CT molecular complexity index is 68.0. The van der Waals surface area contributed by atoms with E-state index < -0.39 is 12.9 Å². The Labute approximate surface area is 52.8 Å². The zero-order chi connectivity index (χ0) is 7.28. The van der Waals surface area contributed by atoms with Crippen LogP contribution in [0.3, 0.4) is 0 Å². The van der Waals surface area contributed by atoms with E-state index in [0.29, 0.717) is 6.61 Å². The number of rotatable bonds is 4. The molecule has 1 unspecified atom stereocenters. The highest BCUT2D eigenvalue weighted by atomic mass is 19.3. The Kier molecular flexibility index (Phi) is 4.53. The number of ether oxygens (including phenoxy) is 2. The van der Waals surface area contributed by atoms with Crippen LogP contribution in [0.5, 0.6) is 0 Å². The van der Waals surface area contributed by atoms with Crippen molar-refractivity contribution < 1.29 is 18.3 Å². The minimum atomic E-state index is -2.74. The van der Waals surface area contributed by atoms with Gasteiger partial charge in [0.2, 0.25) is 0 Å². The van der Waals surface area contributed by atoms with Gasteiger partial charge in [0.05, 0.1) is 0 Å². The molecule has 2 nitrogen and oxygen atoms in total. The number of hydrogen-bond donors (Lipinski definition) is 0. The Balaban J connectivity index is 3.15. The maximum atomic E-state index is 11.3. The topological polar surface area (TPSA) is 18.5 Å². The Morgan fingerprint density at radius 3 is 2.33 bits per heavy atom. The molecule has 0 rings (SSSR count). The molecule has 56 valence electrons. The van der Waals surface area contributed by atoms with Gasteiger partial charge >= 0.3 is 6.61 Å². The van der Waals surface area contributed by atoms with Crippen molar-refractivity contribution in [2.24, 2.45) is 0 Å². The van der Waals surface area contributed by atoms with Gasteiger partial charge in [0.1, 0.15) is 0 Å². The zero-order valence-electron chi connectivity index (χ0n) is 5.43. The fourth-order valence-electron chi connectivity index (χ4n) is 0.419. The molecule has 0 aliphatic rings. The van der Waals surface area contributed by atoms with Gasteiger partial charge in [-0.1, -0.05) is 0 Å². The highest BCUT2D eigenvalue weighted by Gasteiger charge is 2.07. The van der Waals surface area contributed by atoms with Gasteiger partial charge < -0.3 is 4.74 Å². The molecule has 0 fully saturated rings. The lowest BCUT2D eigenvalue weighted by Gasteiger charge is -2.10. The molecule has 0 aromatic heterocycles. The molecular weight excluding hydrogens is 130 g/mol. The molecule has 0 N–H and O–H groups in total. The van der Waals surface area contributed by atoms with Crippen LogP contribution in [-0.2, 0) is 9.47 Å². The molecule has 9 heavy (non-hydrogen) atoms. The van der Waals surface area contributed by atoms with Crippen molar-refractivity contribution in [2.75, 3.05) is 6.61 Å². The third-order valence-electron chi connectivity index (χ3n) is 0.696. The standard InChI is InChI=1S/C5H10F2O2/c1-3-8-4(2)9-5(6)7/h4-5H,3H2,1-2H3. The van der Waals surface area contributed by atoms with Crippen LogP contribution in [0, 0.1) is 0 Å². The monoisotopic (exact) mass is 140 g/mol. The van der Waals surface area contributed by atoms with Gasteiger partial charge in [0.25, 0.3) is 0 Å². The van der Waals surface area contributed by atoms with Crippen molar-refractivity contribution in [3.05, 3.63) is 0 Å². The van der Waals surface area contributed by atoms with E-state index in [0.717, 1.165) is 0 Å². The molecular formula is C5H10F2O2. The van der Waals surface area contributed by atoms with Crippen LogP contribution in [0.2, 0.25) is 0 Å². The molecule has 1 atom stereocenters. The summed E-state index contributed by atoms with van der Waals surface area (Å²) in [7, 11) is 0. The molecule has 0 heterocycles. The van der Waals surface area contributed by atoms with Gasteiger partial charge in [-0.2, -0.15) is 8.78 Å². The summed E-state index contributed by atoms with van der Waals surface area (Å²) in [4.78, 5) is 0. The average Bonchev–Trinajstić information content (AvgIpc) is 1.63. The minimum absolute atomic E-state index is 0.383. The summed E-state index contributed by atoms with van der Waals surface area (Å²) in [5.74, 6) is 0. The second-order valence-corrected chi connectivity index (χ2v) is 1.42. The van der Waals surface area contributed by atoms with Crippen molar-refractivity contribution in [1.29, 1.82) is 0 Å². The third-order valence-corrected chi connectivity index (χ3v) is 0.696. The van der Waals surface area contributed by atoms with Crippen molar-refractivity contribution in [2.45, 2.75) is 26.7 Å². The zero-order valence-corrected chi connectivity index (χ0v) is 5.43. The molecule has 0 amide bonds. The van der Waals surface area contributed by atoms with Gasteiger partial charge in [-0.25, -0.2) is 0 Å². The SMILES string of the molecule is CCOC(C)OC(F)F. The van der Waals surface area contributed by atoms with Crippen LogP contribution in [0.1, 0.15) is 13.8 Å². The van der Waals surface area contributed by atoms with E-state index >= 15 is 0 Å². The maximum Gasteiger partial charge on any atom is 0.347 e. The molecule has 0 aromatic rings. The summed E-state index contributed by atoms with van der Waals surface area (Å²) in [6.07, 6.45) is -0.810. The fourth-order valence-corrected chi connectivity index (χ4v) is 0.419. The summed E-state index contributed by atoms with van der Waals surface area (Å²) in [5, 5.41) is 0. The first kappa shape index (κ1) is 8.78. The molecule has 0 saturated carbocycles. The maximum absolute atomic E-state index is 11.3. The van der Waals surface area contributed by atoms with Gasteiger partial charge in [0, 0.05) is 6.61 Å². The minimum Gasteiger partial charge on any atom is -0.353 e. The number of alkyl halides is 2. The highest BCUT2D eigenvalue weighted by Crippen LogP contribution is 2.01. The van der Waals surface area contributed by atoms with E-state index in [1.807, 2.05) is 0 Å². The van der Waals surface area contributed by atoms with E-state index in [1.165, 1.54) is 6.92 Å². The Hall–Kier alpha value is -0.220. The normalized spacial score (nSPS) is 14.3. The van der Waals surface area contributed by atoms with Gasteiger partial charge in [-0.15, -0.1) is 0 Å². The van der Waals surface area contributed by atoms with E-state index in [4.69, 9.17) is 0 Å². The summed E-state index contributed by atoms with van der Waals surface area (Å²) in [6, 6.07) is 0. The smallest absolute Gasteiger partial charge is 0.347 e. The van der Waals surface area contributed by atoms with Crippen LogP contribution in [0.15, 0.2) is 0 Å². The van der Waals surface area contributed by atoms with E-state index in [-0.39, 0.29) is 0 Å². The lowest BCUT2D eigenvalue weighted by atomic mass is 10.7. The molecule has 0 aromatic carbocycles. The van der Waals surface area contributed by atoms with Crippen LogP contribution >= 0.6 is 0 Å². The molecule has 0 aliphatic carbocycles. The predicted molar refractivity (Wildman–Crippen MR) is 28.2 cm³/mol. The van der Waals surface area contributed by atoms with Crippen LogP contribution < -0.4 is 0 Å². The summed E-state index contributed by atoms with van der Waals surface area (Å²) < 4.78 is 31.2. The average molecular weight is 140 g/mol. The van der Waals surface area contributed by atoms with E-state index in [2.05, 4.69) is 9.47 Å². The quantitative estimate of drug-likeness (QED) is 0.552. The lowest BCUT2D eigenvalue weighted by Crippen LogP contribution is -2.15. The number of hydrogen-bond acceptors (Lipinski definition) is 2. The largest absolute Gasteiger partial charge is 0.353 e. The first-order valence-electron chi connectivity index (χ1n) is 2.72. The lowest BCUT2D eigenvalue weighted by molar-refractivity contribution is -0.236. The summed E-state index contributed by atoms with van der Waals surface area (Å²) >= 11 is 0. The van der Waals surface area contributed by atoms with Gasteiger partial charge in [-0.3, -0.25) is 4.74 Å². The van der Waals surface area contributed by atoms with Gasteiger partial charge in [-0.05, 0) is 13.8 Å². The van der Waals surface area contributed by atoms with E-state index in [1.54, 1.807) is 6.92 Å². The first-order chi connectivity index (χ1) is 4.16. The van der Waals surface area contributed by atoms with Crippen molar-refractivity contribution in [1.82, 2.24) is 0 Å². The van der Waals surface area contributed by atoms with Crippen molar-refractivity contribution in [3.8, 4) is 0 Å². The molecule has 0 spiro atoms. The Morgan fingerprint density at radius 1 is 1.44 bits per heavy atom. The Morgan fingerprint density at radius 2 is 2.00 bits per heavy atom. The second-order valence-electron chi connectivity index (χ2n) is 1.42. The highest BCUT2D eigenvalue weighted by molar-refractivity contribution is 4.26. The molecule has 0 bridgehead atoms.